The van der Waals surface area contributed by atoms with Gasteiger partial charge in [-0.25, -0.2) is 0 Å². The molecule has 1 fully saturated rings. The largest absolute Gasteiger partial charge is 0.492 e. The van der Waals surface area contributed by atoms with Crippen LogP contribution in [0.3, 0.4) is 0 Å². The average molecular weight is 489 g/mol. The van der Waals surface area contributed by atoms with Crippen molar-refractivity contribution in [3.05, 3.63) is 64.1 Å². The second-order valence-corrected chi connectivity index (χ2v) is 7.90. The number of rotatable bonds is 8. The van der Waals surface area contributed by atoms with E-state index in [0.29, 0.717) is 35.5 Å². The van der Waals surface area contributed by atoms with Crippen LogP contribution in [-0.4, -0.2) is 55.0 Å². The van der Waals surface area contributed by atoms with E-state index in [1.54, 1.807) is 25.1 Å². The summed E-state index contributed by atoms with van der Waals surface area (Å²) < 4.78 is 11.4. The highest BCUT2D eigenvalue weighted by molar-refractivity contribution is 9.10. The van der Waals surface area contributed by atoms with Gasteiger partial charge in [0, 0.05) is 25.1 Å². The fourth-order valence-corrected chi connectivity index (χ4v) is 3.87. The van der Waals surface area contributed by atoms with Crippen molar-refractivity contribution in [1.82, 2.24) is 10.2 Å². The maximum atomic E-state index is 13.1. The molecule has 31 heavy (non-hydrogen) atoms. The summed E-state index contributed by atoms with van der Waals surface area (Å²) in [5.41, 5.74) is 1.59. The van der Waals surface area contributed by atoms with Gasteiger partial charge in [0.25, 0.3) is 5.91 Å². The third-order valence-corrected chi connectivity index (χ3v) is 5.55. The Balaban J connectivity index is 1.66. The molecule has 7 nitrogen and oxygen atoms in total. The standard InChI is InChI=1S/C23H25BrN2O5/c1-2-30-21(27)15-19-22(28)25-11-12-26(19)23(29)17-8-9-20(18(24)14-17)31-13-10-16-6-4-3-5-7-16/h3-9,14,19H,2,10-13,15H2,1H3,(H,25,28). The summed E-state index contributed by atoms with van der Waals surface area (Å²) in [4.78, 5) is 38.7. The van der Waals surface area contributed by atoms with Gasteiger partial charge in [-0.05, 0) is 46.6 Å². The van der Waals surface area contributed by atoms with Gasteiger partial charge in [-0.2, -0.15) is 0 Å². The number of piperazine rings is 1. The van der Waals surface area contributed by atoms with Crippen LogP contribution in [0.5, 0.6) is 5.75 Å². The molecule has 1 heterocycles. The van der Waals surface area contributed by atoms with Crippen molar-refractivity contribution in [2.24, 2.45) is 0 Å². The molecule has 3 rings (SSSR count). The van der Waals surface area contributed by atoms with Gasteiger partial charge in [-0.3, -0.25) is 14.4 Å². The van der Waals surface area contributed by atoms with Crippen LogP contribution in [0, 0.1) is 0 Å². The third-order valence-electron chi connectivity index (χ3n) is 4.93. The number of hydrogen-bond donors (Lipinski definition) is 1. The number of esters is 1. The highest BCUT2D eigenvalue weighted by Crippen LogP contribution is 2.27. The second kappa shape index (κ2) is 10.9. The molecule has 2 aromatic carbocycles. The summed E-state index contributed by atoms with van der Waals surface area (Å²) in [7, 11) is 0. The van der Waals surface area contributed by atoms with E-state index in [2.05, 4.69) is 21.2 Å². The molecule has 1 saturated heterocycles. The number of ether oxygens (including phenoxy) is 2. The van der Waals surface area contributed by atoms with Crippen LogP contribution < -0.4 is 10.1 Å². The van der Waals surface area contributed by atoms with Crippen LogP contribution in [0.1, 0.15) is 29.3 Å². The van der Waals surface area contributed by atoms with E-state index in [9.17, 15) is 14.4 Å². The van der Waals surface area contributed by atoms with Crippen molar-refractivity contribution in [3.8, 4) is 5.75 Å². The number of benzene rings is 2. The van der Waals surface area contributed by atoms with E-state index < -0.39 is 12.0 Å². The summed E-state index contributed by atoms with van der Waals surface area (Å²) in [6.45, 7) is 3.08. The van der Waals surface area contributed by atoms with Gasteiger partial charge in [-0.1, -0.05) is 30.3 Å². The number of amides is 2. The average Bonchev–Trinajstić information content (AvgIpc) is 2.76. The fourth-order valence-electron chi connectivity index (χ4n) is 3.38. The zero-order valence-corrected chi connectivity index (χ0v) is 18.9. The van der Waals surface area contributed by atoms with E-state index in [0.717, 1.165) is 6.42 Å². The number of nitrogens with zero attached hydrogens (tertiary/aromatic N) is 1. The van der Waals surface area contributed by atoms with Gasteiger partial charge in [0.05, 0.1) is 24.1 Å². The Kier molecular flexibility index (Phi) is 8.06. The predicted molar refractivity (Wildman–Crippen MR) is 119 cm³/mol. The highest BCUT2D eigenvalue weighted by atomic mass is 79.9. The summed E-state index contributed by atoms with van der Waals surface area (Å²) >= 11 is 3.46. The van der Waals surface area contributed by atoms with Gasteiger partial charge in [0.1, 0.15) is 11.8 Å². The molecule has 1 aliphatic heterocycles. The van der Waals surface area contributed by atoms with Crippen molar-refractivity contribution in [1.29, 1.82) is 0 Å². The lowest BCUT2D eigenvalue weighted by molar-refractivity contribution is -0.147. The van der Waals surface area contributed by atoms with E-state index >= 15 is 0 Å². The van der Waals surface area contributed by atoms with E-state index in [1.165, 1.54) is 10.5 Å². The Morgan fingerprint density at radius 3 is 2.68 bits per heavy atom. The maximum Gasteiger partial charge on any atom is 0.308 e. The minimum absolute atomic E-state index is 0.173. The number of carbonyl (C=O) groups excluding carboxylic acids is 3. The molecule has 1 atom stereocenters. The molecule has 0 spiro atoms. The van der Waals surface area contributed by atoms with Crippen molar-refractivity contribution in [3.63, 3.8) is 0 Å². The summed E-state index contributed by atoms with van der Waals surface area (Å²) in [6.07, 6.45) is 0.597. The lowest BCUT2D eigenvalue weighted by atomic mass is 10.1. The van der Waals surface area contributed by atoms with Gasteiger partial charge in [0.15, 0.2) is 0 Å². The molecule has 0 radical (unpaired) electrons. The number of nitrogens with one attached hydrogen (secondary N) is 1. The van der Waals surface area contributed by atoms with Gasteiger partial charge in [0.2, 0.25) is 5.91 Å². The molecule has 1 aliphatic rings. The van der Waals surface area contributed by atoms with Crippen LogP contribution in [0.15, 0.2) is 53.0 Å². The highest BCUT2D eigenvalue weighted by Gasteiger charge is 2.35. The van der Waals surface area contributed by atoms with Gasteiger partial charge < -0.3 is 19.7 Å². The van der Waals surface area contributed by atoms with E-state index in [4.69, 9.17) is 9.47 Å². The normalized spacial score (nSPS) is 15.9. The molecule has 0 aliphatic carbocycles. The molecular formula is C23H25BrN2O5. The molecule has 164 valence electrons. The molecule has 0 aromatic heterocycles. The minimum atomic E-state index is -0.888. The van der Waals surface area contributed by atoms with Crippen molar-refractivity contribution >= 4 is 33.7 Å². The van der Waals surface area contributed by atoms with Crippen molar-refractivity contribution in [2.75, 3.05) is 26.3 Å². The van der Waals surface area contributed by atoms with Crippen LogP contribution in [0.4, 0.5) is 0 Å². The van der Waals surface area contributed by atoms with Crippen molar-refractivity contribution < 1.29 is 23.9 Å². The molecule has 0 saturated carbocycles. The third kappa shape index (κ3) is 6.07. The van der Waals surface area contributed by atoms with E-state index in [1.807, 2.05) is 30.3 Å². The zero-order valence-electron chi connectivity index (χ0n) is 17.3. The Labute approximate surface area is 189 Å². The minimum Gasteiger partial charge on any atom is -0.492 e. The monoisotopic (exact) mass is 488 g/mol. The molecule has 1 unspecified atom stereocenters. The lowest BCUT2D eigenvalue weighted by Crippen LogP contribution is -2.57. The maximum absolute atomic E-state index is 13.1. The smallest absolute Gasteiger partial charge is 0.308 e. The Bertz CT molecular complexity index is 935. The topological polar surface area (TPSA) is 84.9 Å². The van der Waals surface area contributed by atoms with E-state index in [-0.39, 0.29) is 24.8 Å². The number of halogens is 1. The molecule has 2 amide bonds. The quantitative estimate of drug-likeness (QED) is 0.577. The molecule has 8 heteroatoms. The second-order valence-electron chi connectivity index (χ2n) is 7.04. The van der Waals surface area contributed by atoms with Crippen molar-refractivity contribution in [2.45, 2.75) is 25.8 Å². The molecular weight excluding hydrogens is 464 g/mol. The lowest BCUT2D eigenvalue weighted by Gasteiger charge is -2.34. The Morgan fingerprint density at radius 2 is 1.97 bits per heavy atom. The van der Waals surface area contributed by atoms with Crippen LogP contribution in [0.25, 0.3) is 0 Å². The summed E-state index contributed by atoms with van der Waals surface area (Å²) in [5.74, 6) is -0.550. The fraction of sp³-hybridized carbons (Fsp3) is 0.348. The number of carbonyl (C=O) groups is 3. The first-order valence-electron chi connectivity index (χ1n) is 10.2. The summed E-state index contributed by atoms with van der Waals surface area (Å²) in [6, 6.07) is 14.2. The Morgan fingerprint density at radius 1 is 1.19 bits per heavy atom. The van der Waals surface area contributed by atoms with Crippen LogP contribution in [0.2, 0.25) is 0 Å². The first-order valence-corrected chi connectivity index (χ1v) is 11.0. The molecule has 2 aromatic rings. The predicted octanol–water partition coefficient (Wildman–Crippen LogP) is 2.96. The number of hydrogen-bond acceptors (Lipinski definition) is 5. The summed E-state index contributed by atoms with van der Waals surface area (Å²) in [5, 5.41) is 2.70. The van der Waals surface area contributed by atoms with Gasteiger partial charge >= 0.3 is 5.97 Å². The first-order chi connectivity index (χ1) is 15.0. The molecule has 0 bridgehead atoms. The van der Waals surface area contributed by atoms with Crippen LogP contribution >= 0.6 is 15.9 Å². The van der Waals surface area contributed by atoms with Crippen LogP contribution in [-0.2, 0) is 20.7 Å². The first kappa shape index (κ1) is 22.8. The zero-order chi connectivity index (χ0) is 22.2. The Hall–Kier alpha value is -2.87. The SMILES string of the molecule is CCOC(=O)CC1C(=O)NCCN1C(=O)c1ccc(OCCc2ccccc2)c(Br)c1. The van der Waals surface area contributed by atoms with Gasteiger partial charge in [-0.15, -0.1) is 0 Å². The molecule has 1 N–H and O–H groups in total.